The maximum atomic E-state index is 11.6. The molecule has 8 nitrogen and oxygen atoms in total. The van der Waals surface area contributed by atoms with Gasteiger partial charge >= 0.3 is 67.8 Å². The standard InChI is InChI=1S/C14H12O2.6CO.2Mn/c15-13(11-5-1-2-6-11)9-10-14(16)12-7-3-4-8-12;6*1-2;;/h1-8H,9-10H2;;;;;;;;. The van der Waals surface area contributed by atoms with Gasteiger partial charge in [-0.2, -0.15) is 0 Å². The number of ketones is 2. The van der Waals surface area contributed by atoms with Crippen molar-refractivity contribution in [1.82, 2.24) is 0 Å². The molecule has 2 fully saturated rings. The van der Waals surface area contributed by atoms with Crippen LogP contribution in [0, 0.1) is 103 Å². The second-order valence-electron chi connectivity index (χ2n) is 3.69. The number of rotatable bonds is 5. The molecule has 0 unspecified atom stereocenters. The molecule has 0 aromatic carbocycles. The molecule has 0 amide bonds. The largest absolute Gasteiger partial charge is 0 e. The SMILES string of the molecule is O=C(CCC(=O)[C]1[CH][CH][CH][CH]1)[C]1[CH][CH][CH][CH]1.[C-]#[O+].[C-]#[O+].[C-]#[O+].[C-]#[O+].[C-]#[O+].[C-]#[O+].[Mn].[Mn]. The number of carbonyl (C=O) groups is 2. The van der Waals surface area contributed by atoms with Gasteiger partial charge in [-0.25, -0.2) is 0 Å². The van der Waals surface area contributed by atoms with Crippen LogP contribution in [-0.4, -0.2) is 11.6 Å². The Balaban J connectivity index is -0.0000000657. The number of hydrogen-bond donors (Lipinski definition) is 0. The van der Waals surface area contributed by atoms with E-state index < -0.39 is 0 Å². The molecule has 2 aliphatic rings. The summed E-state index contributed by atoms with van der Waals surface area (Å²) in [4.78, 5) is 23.3. The van der Waals surface area contributed by atoms with E-state index in [1.807, 2.05) is 25.7 Å². The van der Waals surface area contributed by atoms with E-state index in [2.05, 4.69) is 39.9 Å². The first-order valence-electron chi connectivity index (χ1n) is 6.49. The molecule has 12 radical (unpaired) electrons. The van der Waals surface area contributed by atoms with Gasteiger partial charge in [-0.05, 0) is 51.4 Å². The molecular weight excluding hydrogens is 478 g/mol. The summed E-state index contributed by atoms with van der Waals surface area (Å²) in [6, 6.07) is 0. The average Bonchev–Trinajstić information content (AvgIpc) is 3.55. The third kappa shape index (κ3) is 26.8. The number of Topliss-reactive ketones (excluding diaryl/α,β-unsaturated/α-hetero) is 2. The molecule has 154 valence electrons. The van der Waals surface area contributed by atoms with E-state index in [4.69, 9.17) is 27.9 Å². The molecule has 10 heteroatoms. The minimum Gasteiger partial charge on any atom is 0 e. The molecule has 30 heavy (non-hydrogen) atoms. The molecule has 0 saturated heterocycles. The van der Waals surface area contributed by atoms with Gasteiger partial charge in [-0.3, -0.25) is 9.59 Å². The molecule has 0 aromatic heterocycles. The van der Waals surface area contributed by atoms with E-state index in [0.717, 1.165) is 0 Å². The first kappa shape index (κ1) is 46.8. The van der Waals surface area contributed by atoms with Gasteiger partial charge in [0.2, 0.25) is 0 Å². The van der Waals surface area contributed by atoms with Crippen LogP contribution < -0.4 is 0 Å². The molecule has 0 bridgehead atoms. The van der Waals surface area contributed by atoms with Gasteiger partial charge in [0.05, 0.1) is 0 Å². The van der Waals surface area contributed by atoms with Crippen LogP contribution >= 0.6 is 0 Å². The van der Waals surface area contributed by atoms with Crippen molar-refractivity contribution in [2.24, 2.45) is 0 Å². The van der Waals surface area contributed by atoms with Crippen molar-refractivity contribution in [3.8, 4) is 0 Å². The fourth-order valence-corrected chi connectivity index (χ4v) is 1.64. The monoisotopic (exact) mass is 490 g/mol. The fourth-order valence-electron chi connectivity index (χ4n) is 1.64. The Hall–Kier alpha value is -1.18. The van der Waals surface area contributed by atoms with E-state index in [1.165, 1.54) is 0 Å². The van der Waals surface area contributed by atoms with Gasteiger partial charge in [-0.15, -0.1) is 0 Å². The summed E-state index contributed by atoms with van der Waals surface area (Å²) in [6.07, 6.45) is 15.0. The van der Waals surface area contributed by atoms with Crippen LogP contribution in [0.5, 0.6) is 0 Å². The first-order chi connectivity index (χ1) is 13.8. The van der Waals surface area contributed by atoms with Crippen molar-refractivity contribution < 1.29 is 71.6 Å². The molecule has 0 spiro atoms. The van der Waals surface area contributed by atoms with Crippen LogP contribution in [0.15, 0.2) is 0 Å². The first-order valence-corrected chi connectivity index (χ1v) is 6.49. The molecule has 0 aromatic rings. The van der Waals surface area contributed by atoms with Gasteiger partial charge in [0.15, 0.2) is 0 Å². The zero-order valence-corrected chi connectivity index (χ0v) is 17.4. The van der Waals surface area contributed by atoms with Gasteiger partial charge < -0.3 is 0 Å². The average molecular weight is 490 g/mol. The third-order valence-electron chi connectivity index (χ3n) is 2.55. The Morgan fingerprint density at radius 1 is 0.500 bits per heavy atom. The molecule has 0 N–H and O–H groups in total. The smallest absolute Gasteiger partial charge is 0 e. The van der Waals surface area contributed by atoms with Crippen molar-refractivity contribution in [2.75, 3.05) is 0 Å². The molecule has 0 heterocycles. The van der Waals surface area contributed by atoms with Crippen LogP contribution in [-0.2, 0) is 71.6 Å². The van der Waals surface area contributed by atoms with E-state index in [1.54, 1.807) is 25.7 Å². The van der Waals surface area contributed by atoms with E-state index in [0.29, 0.717) is 11.8 Å². The summed E-state index contributed by atoms with van der Waals surface area (Å²) in [6.45, 7) is 27.0. The Morgan fingerprint density at radius 2 is 0.667 bits per heavy atom. The van der Waals surface area contributed by atoms with Crippen LogP contribution in [0.4, 0.5) is 0 Å². The van der Waals surface area contributed by atoms with Crippen LogP contribution in [0.1, 0.15) is 12.8 Å². The van der Waals surface area contributed by atoms with E-state index in [-0.39, 0.29) is 58.5 Å². The van der Waals surface area contributed by atoms with Crippen LogP contribution in [0.25, 0.3) is 0 Å². The van der Waals surface area contributed by atoms with Crippen molar-refractivity contribution in [3.05, 3.63) is 103 Å². The van der Waals surface area contributed by atoms with E-state index >= 15 is 0 Å². The second kappa shape index (κ2) is 46.2. The van der Waals surface area contributed by atoms with Crippen molar-refractivity contribution in [2.45, 2.75) is 12.8 Å². The van der Waals surface area contributed by atoms with Gasteiger partial charge in [0, 0.05) is 58.8 Å². The summed E-state index contributed by atoms with van der Waals surface area (Å²) < 4.78 is 45.0. The maximum absolute atomic E-state index is 11.6. The summed E-state index contributed by atoms with van der Waals surface area (Å²) in [5.74, 6) is 1.44. The molecule has 2 rings (SSSR count). The second-order valence-corrected chi connectivity index (χ2v) is 3.69. The Labute approximate surface area is 198 Å². The molecule has 0 aliphatic heterocycles. The summed E-state index contributed by atoms with van der Waals surface area (Å²) >= 11 is 0. The summed E-state index contributed by atoms with van der Waals surface area (Å²) in [7, 11) is 0. The Bertz CT molecular complexity index is 420. The quantitative estimate of drug-likeness (QED) is 0.326. The Morgan fingerprint density at radius 3 is 0.833 bits per heavy atom. The predicted octanol–water partition coefficient (Wildman–Crippen LogP) is 1.49. The third-order valence-corrected chi connectivity index (χ3v) is 2.55. The topological polar surface area (TPSA) is 154 Å². The van der Waals surface area contributed by atoms with Gasteiger partial charge in [-0.1, -0.05) is 0 Å². The fraction of sp³-hybridized carbons (Fsp3) is 0.100. The van der Waals surface area contributed by atoms with E-state index in [9.17, 15) is 9.59 Å². The zero-order valence-electron chi connectivity index (χ0n) is 15.1. The number of carbonyl (C=O) groups excluding carboxylic acids is 2. The van der Waals surface area contributed by atoms with Gasteiger partial charge in [0.25, 0.3) is 0 Å². The van der Waals surface area contributed by atoms with Crippen LogP contribution in [0.2, 0.25) is 0 Å². The molecule has 2 saturated carbocycles. The van der Waals surface area contributed by atoms with Crippen molar-refractivity contribution in [1.29, 1.82) is 0 Å². The van der Waals surface area contributed by atoms with Gasteiger partial charge in [0.1, 0.15) is 11.6 Å². The summed E-state index contributed by atoms with van der Waals surface area (Å²) in [5, 5.41) is 0. The van der Waals surface area contributed by atoms with Crippen LogP contribution in [0.3, 0.4) is 0 Å². The minimum atomic E-state index is 0. The Kier molecular flexibility index (Phi) is 72.1. The van der Waals surface area contributed by atoms with Crippen molar-refractivity contribution in [3.63, 3.8) is 0 Å². The zero-order chi connectivity index (χ0) is 23.4. The molecule has 2 aliphatic carbocycles. The minimum absolute atomic E-state index is 0. The molecular formula is C20H12Mn2O8. The summed E-state index contributed by atoms with van der Waals surface area (Å²) in [5.41, 5.74) is 0. The maximum Gasteiger partial charge on any atom is 0 e. The number of hydrogen-bond acceptors (Lipinski definition) is 2. The molecule has 0 atom stereocenters. The van der Waals surface area contributed by atoms with Crippen molar-refractivity contribution >= 4 is 11.6 Å². The normalized spacial score (nSPS) is 12.5. The predicted molar refractivity (Wildman–Crippen MR) is 83.7 cm³/mol.